The van der Waals surface area contributed by atoms with Gasteiger partial charge in [0.15, 0.2) is 0 Å². The van der Waals surface area contributed by atoms with Crippen molar-refractivity contribution in [2.24, 2.45) is 5.92 Å². The summed E-state index contributed by atoms with van der Waals surface area (Å²) in [5.41, 5.74) is 1.90. The Morgan fingerprint density at radius 1 is 1.19 bits per heavy atom. The van der Waals surface area contributed by atoms with Gasteiger partial charge in [-0.25, -0.2) is 4.79 Å². The van der Waals surface area contributed by atoms with Gasteiger partial charge in [-0.1, -0.05) is 31.0 Å². The number of carboxylic acid groups (broad SMARTS) is 1. The number of rotatable bonds is 8. The molecular weight excluding hydrogens is 268 g/mol. The Bertz CT molecular complexity index is 457. The minimum Gasteiger partial charge on any atom is -0.481 e. The number of aryl methyl sites for hydroxylation is 1. The summed E-state index contributed by atoms with van der Waals surface area (Å²) >= 11 is 0. The number of urea groups is 1. The van der Waals surface area contributed by atoms with Crippen molar-refractivity contribution in [1.29, 1.82) is 0 Å². The molecule has 0 aromatic heterocycles. The molecular formula is C16H24N2O3. The van der Waals surface area contributed by atoms with Gasteiger partial charge in [0.2, 0.25) is 0 Å². The summed E-state index contributed by atoms with van der Waals surface area (Å²) in [6, 6.07) is 7.36. The van der Waals surface area contributed by atoms with Gasteiger partial charge in [-0.2, -0.15) is 0 Å². The van der Waals surface area contributed by atoms with Crippen molar-refractivity contribution in [3.8, 4) is 0 Å². The Kier molecular flexibility index (Phi) is 7.29. The van der Waals surface area contributed by atoms with Gasteiger partial charge in [0, 0.05) is 18.7 Å². The number of carbonyl (C=O) groups is 2. The summed E-state index contributed by atoms with van der Waals surface area (Å²) in [6.07, 6.45) is 2.57. The second kappa shape index (κ2) is 9.00. The van der Waals surface area contributed by atoms with E-state index in [4.69, 9.17) is 5.11 Å². The number of carbonyl (C=O) groups excluding carboxylic acids is 1. The first-order valence-corrected chi connectivity index (χ1v) is 7.34. The molecule has 0 heterocycles. The Hall–Kier alpha value is -2.04. The van der Waals surface area contributed by atoms with E-state index in [9.17, 15) is 9.59 Å². The molecule has 1 unspecified atom stereocenters. The number of anilines is 1. The third-order valence-corrected chi connectivity index (χ3v) is 3.49. The molecule has 0 radical (unpaired) electrons. The van der Waals surface area contributed by atoms with Crippen LogP contribution in [0.15, 0.2) is 24.3 Å². The Morgan fingerprint density at radius 2 is 1.86 bits per heavy atom. The second-order valence-electron chi connectivity index (χ2n) is 5.24. The van der Waals surface area contributed by atoms with Crippen LogP contribution in [0.5, 0.6) is 0 Å². The van der Waals surface area contributed by atoms with Gasteiger partial charge in [0.1, 0.15) is 0 Å². The fourth-order valence-electron chi connectivity index (χ4n) is 2.08. The van der Waals surface area contributed by atoms with Crippen molar-refractivity contribution in [2.75, 3.05) is 11.9 Å². The fraction of sp³-hybridized carbons (Fsp3) is 0.500. The zero-order chi connectivity index (χ0) is 15.7. The molecule has 5 heteroatoms. The summed E-state index contributed by atoms with van der Waals surface area (Å²) in [4.78, 5) is 22.3. The van der Waals surface area contributed by atoms with Gasteiger partial charge in [-0.05, 0) is 37.8 Å². The van der Waals surface area contributed by atoms with Crippen LogP contribution >= 0.6 is 0 Å². The minimum absolute atomic E-state index is 0.189. The maximum Gasteiger partial charge on any atom is 0.319 e. The molecule has 2 amide bonds. The Labute approximate surface area is 125 Å². The van der Waals surface area contributed by atoms with Crippen LogP contribution in [0.1, 0.15) is 38.2 Å². The minimum atomic E-state index is -0.765. The van der Waals surface area contributed by atoms with Crippen molar-refractivity contribution in [3.05, 3.63) is 29.8 Å². The molecule has 5 nitrogen and oxygen atoms in total. The summed E-state index contributed by atoms with van der Waals surface area (Å²) in [7, 11) is 0. The lowest BCUT2D eigenvalue weighted by atomic mass is 9.97. The number of benzene rings is 1. The van der Waals surface area contributed by atoms with E-state index < -0.39 is 5.97 Å². The largest absolute Gasteiger partial charge is 0.481 e. The predicted molar refractivity (Wildman–Crippen MR) is 83.5 cm³/mol. The third kappa shape index (κ3) is 7.34. The van der Waals surface area contributed by atoms with Crippen LogP contribution in [0.25, 0.3) is 0 Å². The van der Waals surface area contributed by atoms with Gasteiger partial charge < -0.3 is 15.7 Å². The van der Waals surface area contributed by atoms with Crippen LogP contribution in [-0.2, 0) is 4.79 Å². The van der Waals surface area contributed by atoms with E-state index in [1.165, 1.54) is 0 Å². The average molecular weight is 292 g/mol. The molecule has 0 aliphatic carbocycles. The molecule has 116 valence electrons. The van der Waals surface area contributed by atoms with E-state index in [0.29, 0.717) is 18.9 Å². The lowest BCUT2D eigenvalue weighted by Crippen LogP contribution is -2.30. The number of carboxylic acids is 1. The van der Waals surface area contributed by atoms with Crippen molar-refractivity contribution >= 4 is 17.7 Å². The summed E-state index contributed by atoms with van der Waals surface area (Å²) in [5, 5.41) is 14.2. The van der Waals surface area contributed by atoms with E-state index >= 15 is 0 Å². The first-order chi connectivity index (χ1) is 10.0. The van der Waals surface area contributed by atoms with Crippen molar-refractivity contribution in [2.45, 2.75) is 39.5 Å². The molecule has 0 fully saturated rings. The molecule has 1 aromatic rings. The lowest BCUT2D eigenvalue weighted by Gasteiger charge is -2.14. The van der Waals surface area contributed by atoms with Crippen LogP contribution in [0.3, 0.4) is 0 Å². The van der Waals surface area contributed by atoms with Gasteiger partial charge in [-0.15, -0.1) is 0 Å². The summed E-state index contributed by atoms with van der Waals surface area (Å²) in [5.74, 6) is -0.431. The highest BCUT2D eigenvalue weighted by molar-refractivity contribution is 5.89. The average Bonchev–Trinajstić information content (AvgIpc) is 2.45. The molecule has 0 bridgehead atoms. The molecule has 3 N–H and O–H groups in total. The van der Waals surface area contributed by atoms with E-state index in [2.05, 4.69) is 10.6 Å². The smallest absolute Gasteiger partial charge is 0.319 e. The molecule has 21 heavy (non-hydrogen) atoms. The van der Waals surface area contributed by atoms with Crippen molar-refractivity contribution in [3.63, 3.8) is 0 Å². The molecule has 0 aliphatic rings. The normalized spacial score (nSPS) is 11.7. The molecule has 1 aromatic carbocycles. The molecule has 0 saturated heterocycles. The van der Waals surface area contributed by atoms with Gasteiger partial charge in [0.05, 0.1) is 0 Å². The first-order valence-electron chi connectivity index (χ1n) is 7.34. The van der Waals surface area contributed by atoms with Gasteiger partial charge >= 0.3 is 12.0 Å². The predicted octanol–water partition coefficient (Wildman–Crippen LogP) is 3.40. The number of nitrogens with one attached hydrogen (secondary N) is 2. The topological polar surface area (TPSA) is 78.4 Å². The molecule has 0 spiro atoms. The zero-order valence-corrected chi connectivity index (χ0v) is 12.7. The van der Waals surface area contributed by atoms with Crippen LogP contribution in [0.2, 0.25) is 0 Å². The Balaban J connectivity index is 2.25. The highest BCUT2D eigenvalue weighted by atomic mass is 16.4. The fourth-order valence-corrected chi connectivity index (χ4v) is 2.08. The van der Waals surface area contributed by atoms with E-state index in [-0.39, 0.29) is 12.5 Å². The lowest BCUT2D eigenvalue weighted by molar-refractivity contribution is -0.137. The zero-order valence-electron chi connectivity index (χ0n) is 12.7. The second-order valence-corrected chi connectivity index (χ2v) is 5.24. The number of hydrogen-bond acceptors (Lipinski definition) is 2. The molecule has 1 rings (SSSR count). The molecule has 0 saturated carbocycles. The van der Waals surface area contributed by atoms with Crippen LogP contribution in [0, 0.1) is 12.8 Å². The SMILES string of the molecule is CCC(CCNC(=O)Nc1ccc(C)cc1)CCC(=O)O. The Morgan fingerprint density at radius 3 is 2.43 bits per heavy atom. The maximum atomic E-state index is 11.7. The number of hydrogen-bond donors (Lipinski definition) is 3. The first kappa shape index (κ1) is 17.0. The van der Waals surface area contributed by atoms with Crippen LogP contribution < -0.4 is 10.6 Å². The third-order valence-electron chi connectivity index (χ3n) is 3.49. The summed E-state index contributed by atoms with van der Waals surface area (Å²) < 4.78 is 0. The highest BCUT2D eigenvalue weighted by Gasteiger charge is 2.09. The quantitative estimate of drug-likeness (QED) is 0.687. The van der Waals surface area contributed by atoms with Crippen molar-refractivity contribution in [1.82, 2.24) is 5.32 Å². The van der Waals surface area contributed by atoms with Gasteiger partial charge in [0.25, 0.3) is 0 Å². The van der Waals surface area contributed by atoms with Gasteiger partial charge in [-0.3, -0.25) is 4.79 Å². The molecule has 1 atom stereocenters. The van der Waals surface area contributed by atoms with E-state index in [1.54, 1.807) is 0 Å². The van der Waals surface area contributed by atoms with Crippen molar-refractivity contribution < 1.29 is 14.7 Å². The number of amides is 2. The highest BCUT2D eigenvalue weighted by Crippen LogP contribution is 2.14. The maximum absolute atomic E-state index is 11.7. The standard InChI is InChI=1S/C16H24N2O3/c1-3-13(6-9-15(19)20)10-11-17-16(21)18-14-7-4-12(2)5-8-14/h4-5,7-8,13H,3,6,9-11H2,1-2H3,(H,19,20)(H2,17,18,21). The summed E-state index contributed by atoms with van der Waals surface area (Å²) in [6.45, 7) is 4.58. The van der Waals surface area contributed by atoms with Crippen LogP contribution in [-0.4, -0.2) is 23.7 Å². The monoisotopic (exact) mass is 292 g/mol. The molecule has 0 aliphatic heterocycles. The van der Waals surface area contributed by atoms with E-state index in [1.807, 2.05) is 38.1 Å². The van der Waals surface area contributed by atoms with E-state index in [0.717, 1.165) is 24.1 Å². The van der Waals surface area contributed by atoms with Crippen LogP contribution in [0.4, 0.5) is 10.5 Å². The number of aliphatic carboxylic acids is 1.